The summed E-state index contributed by atoms with van der Waals surface area (Å²) >= 11 is 7.47. The zero-order chi connectivity index (χ0) is 22.1. The van der Waals surface area contributed by atoms with Crippen LogP contribution in [-0.2, 0) is 21.9 Å². The first-order valence-electron chi connectivity index (χ1n) is 10.2. The van der Waals surface area contributed by atoms with Gasteiger partial charge in [0.1, 0.15) is 6.04 Å². The minimum atomic E-state index is -0.534. The Kier molecular flexibility index (Phi) is 9.73. The Balaban J connectivity index is 2.05. The van der Waals surface area contributed by atoms with Crippen LogP contribution in [0.1, 0.15) is 37.5 Å². The van der Waals surface area contributed by atoms with E-state index in [2.05, 4.69) is 11.4 Å². The molecule has 0 spiro atoms. The van der Waals surface area contributed by atoms with Gasteiger partial charge in [0.2, 0.25) is 11.8 Å². The highest BCUT2D eigenvalue weighted by molar-refractivity contribution is 7.99. The van der Waals surface area contributed by atoms with Crippen LogP contribution in [0.5, 0.6) is 0 Å². The molecule has 0 heterocycles. The third kappa shape index (κ3) is 8.04. The smallest absolute Gasteiger partial charge is 0.242 e. The Morgan fingerprint density at radius 1 is 1.07 bits per heavy atom. The van der Waals surface area contributed by atoms with Crippen molar-refractivity contribution in [1.29, 1.82) is 0 Å². The van der Waals surface area contributed by atoms with Crippen molar-refractivity contribution < 1.29 is 9.59 Å². The summed E-state index contributed by atoms with van der Waals surface area (Å²) in [5.74, 6) is 1.23. The van der Waals surface area contributed by atoms with Gasteiger partial charge in [0.15, 0.2) is 0 Å². The van der Waals surface area contributed by atoms with Crippen LogP contribution in [0.3, 0.4) is 0 Å². The van der Waals surface area contributed by atoms with E-state index in [-0.39, 0.29) is 11.8 Å². The molecule has 0 aliphatic heterocycles. The van der Waals surface area contributed by atoms with Crippen LogP contribution in [-0.4, -0.2) is 35.1 Å². The summed E-state index contributed by atoms with van der Waals surface area (Å²) in [6.45, 7) is 8.94. The summed E-state index contributed by atoms with van der Waals surface area (Å²) in [4.78, 5) is 27.4. The van der Waals surface area contributed by atoms with E-state index in [0.717, 1.165) is 22.4 Å². The maximum atomic E-state index is 13.1. The molecule has 0 aromatic heterocycles. The van der Waals surface area contributed by atoms with Gasteiger partial charge in [-0.2, -0.15) is 0 Å². The number of aryl methyl sites for hydroxylation is 1. The Labute approximate surface area is 189 Å². The summed E-state index contributed by atoms with van der Waals surface area (Å²) in [6.07, 6.45) is 0. The number of thioether (sulfide) groups is 1. The second-order valence-electron chi connectivity index (χ2n) is 7.94. The van der Waals surface area contributed by atoms with Crippen molar-refractivity contribution in [3.8, 4) is 0 Å². The Morgan fingerprint density at radius 3 is 2.40 bits per heavy atom. The lowest BCUT2D eigenvalue weighted by atomic mass is 10.1. The van der Waals surface area contributed by atoms with Crippen molar-refractivity contribution in [1.82, 2.24) is 10.2 Å². The van der Waals surface area contributed by atoms with Gasteiger partial charge in [-0.15, -0.1) is 11.8 Å². The third-order valence-corrected chi connectivity index (χ3v) is 5.94. The molecule has 1 N–H and O–H groups in total. The lowest BCUT2D eigenvalue weighted by Gasteiger charge is -2.29. The van der Waals surface area contributed by atoms with E-state index in [0.29, 0.717) is 29.8 Å². The van der Waals surface area contributed by atoms with E-state index < -0.39 is 6.04 Å². The molecule has 6 heteroatoms. The number of amides is 2. The van der Waals surface area contributed by atoms with Gasteiger partial charge in [-0.25, -0.2) is 0 Å². The maximum absolute atomic E-state index is 13.1. The first kappa shape index (κ1) is 24.3. The quantitative estimate of drug-likeness (QED) is 0.554. The normalized spacial score (nSPS) is 11.9. The van der Waals surface area contributed by atoms with Crippen LogP contribution >= 0.6 is 23.4 Å². The maximum Gasteiger partial charge on any atom is 0.242 e. The average Bonchev–Trinajstić information content (AvgIpc) is 2.71. The van der Waals surface area contributed by atoms with E-state index in [1.54, 1.807) is 23.6 Å². The topological polar surface area (TPSA) is 49.4 Å². The third-order valence-electron chi connectivity index (χ3n) is 4.69. The number of halogens is 1. The molecule has 1 atom stereocenters. The van der Waals surface area contributed by atoms with Crippen molar-refractivity contribution >= 4 is 35.2 Å². The molecule has 2 aromatic carbocycles. The second-order valence-corrected chi connectivity index (χ2v) is 9.37. The Hall–Kier alpha value is -1.98. The number of rotatable bonds is 10. The van der Waals surface area contributed by atoms with Crippen molar-refractivity contribution in [3.63, 3.8) is 0 Å². The van der Waals surface area contributed by atoms with Crippen LogP contribution < -0.4 is 5.32 Å². The van der Waals surface area contributed by atoms with Crippen molar-refractivity contribution in [3.05, 3.63) is 70.2 Å². The molecule has 2 amide bonds. The fraction of sp³-hybridized carbons (Fsp3) is 0.417. The van der Waals surface area contributed by atoms with E-state index in [1.165, 1.54) is 0 Å². The van der Waals surface area contributed by atoms with Gasteiger partial charge in [0.25, 0.3) is 0 Å². The van der Waals surface area contributed by atoms with Gasteiger partial charge in [0.05, 0.1) is 5.75 Å². The minimum absolute atomic E-state index is 0.0392. The number of nitrogens with zero attached hydrogens (tertiary/aromatic N) is 1. The molecule has 2 aromatic rings. The molecule has 0 radical (unpaired) electrons. The summed E-state index contributed by atoms with van der Waals surface area (Å²) < 4.78 is 0. The summed E-state index contributed by atoms with van der Waals surface area (Å²) in [5.41, 5.74) is 3.27. The van der Waals surface area contributed by atoms with Crippen LogP contribution in [0.2, 0.25) is 5.02 Å². The lowest BCUT2D eigenvalue weighted by molar-refractivity contribution is -0.138. The lowest BCUT2D eigenvalue weighted by Crippen LogP contribution is -2.48. The standard InChI is InChI=1S/C24H31ClN2O2S/c1-17(2)13-26-24(29)19(4)27(14-21-7-5-6-18(3)12-21)23(28)16-30-15-20-8-10-22(25)11-9-20/h5-12,17,19H,13-16H2,1-4H3,(H,26,29)/t19-/m0/s1. The molecule has 4 nitrogen and oxygen atoms in total. The monoisotopic (exact) mass is 446 g/mol. The van der Waals surface area contributed by atoms with E-state index in [4.69, 9.17) is 11.6 Å². The van der Waals surface area contributed by atoms with Gasteiger partial charge in [0, 0.05) is 23.9 Å². The van der Waals surface area contributed by atoms with Gasteiger partial charge in [-0.05, 0) is 43.0 Å². The molecule has 0 saturated carbocycles. The highest BCUT2D eigenvalue weighted by Gasteiger charge is 2.26. The number of carbonyl (C=O) groups is 2. The SMILES string of the molecule is Cc1cccc(CN(C(=O)CSCc2ccc(Cl)cc2)[C@@H](C)C(=O)NCC(C)C)c1. The molecular weight excluding hydrogens is 416 g/mol. The average molecular weight is 447 g/mol. The van der Waals surface area contributed by atoms with Crippen LogP contribution in [0, 0.1) is 12.8 Å². The molecule has 0 bridgehead atoms. The molecule has 0 unspecified atom stereocenters. The largest absolute Gasteiger partial charge is 0.354 e. The number of hydrogen-bond donors (Lipinski definition) is 1. The molecule has 0 saturated heterocycles. The van der Waals surface area contributed by atoms with Gasteiger partial charge in [-0.1, -0.05) is 67.4 Å². The van der Waals surface area contributed by atoms with E-state index in [9.17, 15) is 9.59 Å². The molecule has 0 fully saturated rings. The van der Waals surface area contributed by atoms with Crippen molar-refractivity contribution in [2.24, 2.45) is 5.92 Å². The number of nitrogens with one attached hydrogen (secondary N) is 1. The minimum Gasteiger partial charge on any atom is -0.354 e. The van der Waals surface area contributed by atoms with E-state index >= 15 is 0 Å². The zero-order valence-electron chi connectivity index (χ0n) is 18.2. The van der Waals surface area contributed by atoms with E-state index in [1.807, 2.05) is 63.2 Å². The van der Waals surface area contributed by atoms with Crippen LogP contribution in [0.25, 0.3) is 0 Å². The highest BCUT2D eigenvalue weighted by Crippen LogP contribution is 2.18. The molecule has 30 heavy (non-hydrogen) atoms. The molecule has 2 rings (SSSR count). The Bertz CT molecular complexity index is 839. The van der Waals surface area contributed by atoms with Crippen molar-refractivity contribution in [2.75, 3.05) is 12.3 Å². The fourth-order valence-corrected chi connectivity index (χ4v) is 3.96. The summed E-state index contributed by atoms with van der Waals surface area (Å²) in [7, 11) is 0. The first-order chi connectivity index (χ1) is 14.3. The molecule has 0 aliphatic rings. The molecular formula is C24H31ClN2O2S. The summed E-state index contributed by atoms with van der Waals surface area (Å²) in [5, 5.41) is 3.65. The second kappa shape index (κ2) is 12.0. The van der Waals surface area contributed by atoms with Crippen LogP contribution in [0.15, 0.2) is 48.5 Å². The molecule has 162 valence electrons. The predicted molar refractivity (Wildman–Crippen MR) is 127 cm³/mol. The zero-order valence-corrected chi connectivity index (χ0v) is 19.7. The fourth-order valence-electron chi connectivity index (χ4n) is 2.96. The van der Waals surface area contributed by atoms with Crippen molar-refractivity contribution in [2.45, 2.75) is 46.0 Å². The van der Waals surface area contributed by atoms with Crippen LogP contribution in [0.4, 0.5) is 0 Å². The number of benzene rings is 2. The van der Waals surface area contributed by atoms with Gasteiger partial charge in [-0.3, -0.25) is 9.59 Å². The number of carbonyl (C=O) groups excluding carboxylic acids is 2. The number of hydrogen-bond acceptors (Lipinski definition) is 3. The predicted octanol–water partition coefficient (Wildman–Crippen LogP) is 5.07. The van der Waals surface area contributed by atoms with Gasteiger partial charge >= 0.3 is 0 Å². The Morgan fingerprint density at radius 2 is 1.77 bits per heavy atom. The molecule has 0 aliphatic carbocycles. The first-order valence-corrected chi connectivity index (χ1v) is 11.7. The van der Waals surface area contributed by atoms with Gasteiger partial charge < -0.3 is 10.2 Å². The summed E-state index contributed by atoms with van der Waals surface area (Å²) in [6, 6.07) is 15.1. The highest BCUT2D eigenvalue weighted by atomic mass is 35.5.